The van der Waals surface area contributed by atoms with E-state index in [-0.39, 0.29) is 0 Å². The summed E-state index contributed by atoms with van der Waals surface area (Å²) < 4.78 is 5.08. The van der Waals surface area contributed by atoms with E-state index in [1.54, 1.807) is 18.4 Å². The summed E-state index contributed by atoms with van der Waals surface area (Å²) in [6.45, 7) is 0. The third-order valence-corrected chi connectivity index (χ3v) is 3.05. The van der Waals surface area contributed by atoms with Crippen LogP contribution in [0.2, 0.25) is 5.02 Å². The van der Waals surface area contributed by atoms with Crippen LogP contribution >= 0.6 is 22.9 Å². The standard InChI is InChI=1S/C11H8ClOS/c1-13-10-5-4-8(7-9(10)12)11-3-2-6-14-11/h2-5,7H,1H3. The maximum Gasteiger partial charge on any atom is 0.137 e. The van der Waals surface area contributed by atoms with Crippen LogP contribution in [0.4, 0.5) is 0 Å². The molecule has 0 atom stereocenters. The highest BCUT2D eigenvalue weighted by Gasteiger charge is 2.03. The molecule has 1 nitrogen and oxygen atoms in total. The van der Waals surface area contributed by atoms with Gasteiger partial charge in [-0.3, -0.25) is 0 Å². The van der Waals surface area contributed by atoms with Crippen molar-refractivity contribution < 1.29 is 4.74 Å². The normalized spacial score (nSPS) is 10.1. The largest absolute Gasteiger partial charge is 0.495 e. The summed E-state index contributed by atoms with van der Waals surface area (Å²) >= 11 is 7.59. The average molecular weight is 224 g/mol. The summed E-state index contributed by atoms with van der Waals surface area (Å²) in [5.74, 6) is 0.705. The quantitative estimate of drug-likeness (QED) is 0.751. The molecule has 71 valence electrons. The molecule has 0 saturated heterocycles. The number of benzene rings is 1. The Kier molecular flexibility index (Phi) is 2.75. The molecule has 1 heterocycles. The van der Waals surface area contributed by atoms with Crippen LogP contribution in [0, 0.1) is 5.38 Å². The van der Waals surface area contributed by atoms with Crippen LogP contribution in [0.3, 0.4) is 0 Å². The van der Waals surface area contributed by atoms with Crippen LogP contribution in [0.5, 0.6) is 5.75 Å². The van der Waals surface area contributed by atoms with Crippen LogP contribution < -0.4 is 4.74 Å². The first-order chi connectivity index (χ1) is 6.81. The molecule has 14 heavy (non-hydrogen) atoms. The molecule has 0 saturated carbocycles. The lowest BCUT2D eigenvalue weighted by Gasteiger charge is -2.04. The number of ether oxygens (including phenoxy) is 1. The van der Waals surface area contributed by atoms with Crippen LogP contribution in [0.15, 0.2) is 30.3 Å². The number of methoxy groups -OCH3 is 1. The fourth-order valence-electron chi connectivity index (χ4n) is 1.22. The lowest BCUT2D eigenvalue weighted by Crippen LogP contribution is -1.83. The lowest BCUT2D eigenvalue weighted by atomic mass is 10.2. The Morgan fingerprint density at radius 3 is 2.79 bits per heavy atom. The fraction of sp³-hybridized carbons (Fsp3) is 0.0909. The Balaban J connectivity index is 2.43. The molecule has 0 unspecified atom stereocenters. The van der Waals surface area contributed by atoms with E-state index in [4.69, 9.17) is 16.3 Å². The highest BCUT2D eigenvalue weighted by atomic mass is 35.5. The Hall–Kier alpha value is -0.990. The third-order valence-electron chi connectivity index (χ3n) is 1.91. The van der Waals surface area contributed by atoms with E-state index < -0.39 is 0 Å². The zero-order valence-electron chi connectivity index (χ0n) is 7.58. The van der Waals surface area contributed by atoms with Crippen molar-refractivity contribution in [2.45, 2.75) is 0 Å². The number of thiophene rings is 1. The van der Waals surface area contributed by atoms with Crippen LogP contribution in [-0.4, -0.2) is 7.11 Å². The minimum absolute atomic E-state index is 0.637. The van der Waals surface area contributed by atoms with Crippen molar-refractivity contribution in [2.75, 3.05) is 7.11 Å². The molecule has 0 fully saturated rings. The SMILES string of the molecule is COc1ccc(-c2cc[c]s2)cc1Cl. The Morgan fingerprint density at radius 2 is 2.21 bits per heavy atom. The van der Waals surface area contributed by atoms with Crippen molar-refractivity contribution >= 4 is 22.9 Å². The van der Waals surface area contributed by atoms with Crippen molar-refractivity contribution in [3.8, 4) is 16.2 Å². The van der Waals surface area contributed by atoms with Gasteiger partial charge in [-0.1, -0.05) is 11.6 Å². The highest BCUT2D eigenvalue weighted by Crippen LogP contribution is 2.31. The van der Waals surface area contributed by atoms with E-state index in [0.29, 0.717) is 10.8 Å². The molecule has 1 radical (unpaired) electrons. The van der Waals surface area contributed by atoms with Crippen molar-refractivity contribution in [1.82, 2.24) is 0 Å². The Labute approximate surface area is 91.9 Å². The van der Waals surface area contributed by atoms with E-state index >= 15 is 0 Å². The predicted molar refractivity (Wildman–Crippen MR) is 60.2 cm³/mol. The van der Waals surface area contributed by atoms with Gasteiger partial charge in [-0.15, -0.1) is 11.3 Å². The molecule has 1 aromatic carbocycles. The third kappa shape index (κ3) is 1.76. The van der Waals surface area contributed by atoms with Gasteiger partial charge >= 0.3 is 0 Å². The molecule has 0 aliphatic rings. The average Bonchev–Trinajstić information content (AvgIpc) is 2.70. The smallest absolute Gasteiger partial charge is 0.137 e. The fourth-order valence-corrected chi connectivity index (χ4v) is 2.12. The maximum atomic E-state index is 6.02. The van der Waals surface area contributed by atoms with Gasteiger partial charge in [-0.05, 0) is 35.9 Å². The summed E-state index contributed by atoms with van der Waals surface area (Å²) in [4.78, 5) is 1.16. The van der Waals surface area contributed by atoms with Gasteiger partial charge in [0.25, 0.3) is 0 Å². The highest BCUT2D eigenvalue weighted by molar-refractivity contribution is 7.13. The van der Waals surface area contributed by atoms with E-state index in [0.717, 1.165) is 10.4 Å². The second-order valence-corrected chi connectivity index (χ2v) is 4.05. The molecule has 0 aliphatic heterocycles. The maximum absolute atomic E-state index is 6.02. The predicted octanol–water partition coefficient (Wildman–Crippen LogP) is 3.88. The molecule has 0 bridgehead atoms. The summed E-state index contributed by atoms with van der Waals surface area (Å²) in [6.07, 6.45) is 0. The van der Waals surface area contributed by atoms with Gasteiger partial charge < -0.3 is 4.74 Å². The molecule has 0 amide bonds. The number of rotatable bonds is 2. The first-order valence-electron chi connectivity index (χ1n) is 4.11. The van der Waals surface area contributed by atoms with E-state index in [9.17, 15) is 0 Å². The molecule has 2 aromatic rings. The Morgan fingerprint density at radius 1 is 1.36 bits per heavy atom. The van der Waals surface area contributed by atoms with Crippen LogP contribution in [-0.2, 0) is 0 Å². The zero-order chi connectivity index (χ0) is 9.97. The van der Waals surface area contributed by atoms with Crippen LogP contribution in [0.1, 0.15) is 0 Å². The van der Waals surface area contributed by atoms with Gasteiger partial charge in [0.2, 0.25) is 0 Å². The molecule has 1 aromatic heterocycles. The van der Waals surface area contributed by atoms with Gasteiger partial charge in [0, 0.05) is 10.3 Å². The van der Waals surface area contributed by atoms with Gasteiger partial charge in [-0.2, -0.15) is 0 Å². The first kappa shape index (κ1) is 9.56. The Bertz CT molecular complexity index is 423. The van der Waals surface area contributed by atoms with Gasteiger partial charge in [0.1, 0.15) is 5.75 Å². The van der Waals surface area contributed by atoms with Gasteiger partial charge in [0.05, 0.1) is 12.1 Å². The molecular weight excluding hydrogens is 216 g/mol. The monoisotopic (exact) mass is 223 g/mol. The summed E-state index contributed by atoms with van der Waals surface area (Å²) in [7, 11) is 1.61. The van der Waals surface area contributed by atoms with Crippen LogP contribution in [0.25, 0.3) is 10.4 Å². The van der Waals surface area contributed by atoms with Crippen molar-refractivity contribution in [3.63, 3.8) is 0 Å². The first-order valence-corrected chi connectivity index (χ1v) is 5.30. The zero-order valence-corrected chi connectivity index (χ0v) is 9.15. The minimum Gasteiger partial charge on any atom is -0.495 e. The summed E-state index contributed by atoms with van der Waals surface area (Å²) in [6, 6.07) is 9.68. The molecule has 0 aliphatic carbocycles. The van der Waals surface area contributed by atoms with Crippen molar-refractivity contribution in [3.05, 3.63) is 40.7 Å². The minimum atomic E-state index is 0.637. The van der Waals surface area contributed by atoms with Crippen molar-refractivity contribution in [1.29, 1.82) is 0 Å². The van der Waals surface area contributed by atoms with Gasteiger partial charge in [-0.25, -0.2) is 0 Å². The molecular formula is C11H8ClOS. The second kappa shape index (κ2) is 4.03. The van der Waals surface area contributed by atoms with E-state index in [2.05, 4.69) is 5.38 Å². The molecule has 2 rings (SSSR count). The summed E-state index contributed by atoms with van der Waals surface area (Å²) in [5, 5.41) is 3.68. The lowest BCUT2D eigenvalue weighted by molar-refractivity contribution is 0.415. The molecule has 0 N–H and O–H groups in total. The van der Waals surface area contributed by atoms with E-state index in [1.807, 2.05) is 30.3 Å². The van der Waals surface area contributed by atoms with Crippen molar-refractivity contribution in [2.24, 2.45) is 0 Å². The number of hydrogen-bond donors (Lipinski definition) is 0. The number of hydrogen-bond acceptors (Lipinski definition) is 2. The molecule has 3 heteroatoms. The van der Waals surface area contributed by atoms with Gasteiger partial charge in [0.15, 0.2) is 0 Å². The summed E-state index contributed by atoms with van der Waals surface area (Å²) in [5.41, 5.74) is 1.10. The van der Waals surface area contributed by atoms with E-state index in [1.165, 1.54) is 0 Å². The molecule has 0 spiro atoms. The number of halogens is 1. The second-order valence-electron chi connectivity index (χ2n) is 2.77. The topological polar surface area (TPSA) is 9.23 Å².